The summed E-state index contributed by atoms with van der Waals surface area (Å²) in [6.07, 6.45) is 0. The van der Waals surface area contributed by atoms with Crippen LogP contribution in [0.25, 0.3) is 0 Å². The van der Waals surface area contributed by atoms with Crippen molar-refractivity contribution >= 4 is 28.8 Å². The molecule has 1 atom stereocenters. The van der Waals surface area contributed by atoms with Gasteiger partial charge in [0.2, 0.25) is 0 Å². The number of benzene rings is 1. The minimum Gasteiger partial charge on any atom is -0.486 e. The summed E-state index contributed by atoms with van der Waals surface area (Å²) in [5.74, 6) is 1.60. The molecule has 1 aromatic heterocycles. The molecule has 1 N–H and O–H groups in total. The summed E-state index contributed by atoms with van der Waals surface area (Å²) in [7, 11) is 0. The van der Waals surface area contributed by atoms with Crippen LogP contribution in [0.15, 0.2) is 30.3 Å². The Labute approximate surface area is 144 Å². The zero-order chi connectivity index (χ0) is 16.4. The number of amides is 1. The van der Waals surface area contributed by atoms with Crippen molar-refractivity contribution in [2.45, 2.75) is 19.9 Å². The summed E-state index contributed by atoms with van der Waals surface area (Å²) < 4.78 is 11.8. The van der Waals surface area contributed by atoms with E-state index in [0.717, 1.165) is 17.1 Å². The van der Waals surface area contributed by atoms with Crippen LogP contribution in [-0.2, 0) is 0 Å². The van der Waals surface area contributed by atoms with Crippen molar-refractivity contribution in [3.8, 4) is 11.5 Å². The largest absolute Gasteiger partial charge is 0.486 e. The maximum atomic E-state index is 12.4. The van der Waals surface area contributed by atoms with Crippen LogP contribution in [0.3, 0.4) is 0 Å². The number of hydrogen-bond donors (Lipinski definition) is 1. The summed E-state index contributed by atoms with van der Waals surface area (Å²) in [4.78, 5) is 13.0. The predicted octanol–water partition coefficient (Wildman–Crippen LogP) is 4.30. The molecule has 122 valence electrons. The fourth-order valence-electron chi connectivity index (χ4n) is 2.54. The number of carbonyl (C=O) groups is 1. The first kappa shape index (κ1) is 16.1. The first-order chi connectivity index (χ1) is 11.0. The molecule has 0 bridgehead atoms. The topological polar surface area (TPSA) is 47.6 Å². The maximum absolute atomic E-state index is 12.4. The van der Waals surface area contributed by atoms with Crippen LogP contribution in [0.1, 0.15) is 35.1 Å². The van der Waals surface area contributed by atoms with Gasteiger partial charge < -0.3 is 14.8 Å². The van der Waals surface area contributed by atoms with Crippen LogP contribution in [0.2, 0.25) is 4.34 Å². The first-order valence-corrected chi connectivity index (χ1v) is 8.70. The summed E-state index contributed by atoms with van der Waals surface area (Å²) >= 11 is 7.18. The van der Waals surface area contributed by atoms with Crippen molar-refractivity contribution in [3.63, 3.8) is 0 Å². The lowest BCUT2D eigenvalue weighted by molar-refractivity contribution is 0.0929. The number of halogens is 1. The van der Waals surface area contributed by atoms with Crippen LogP contribution < -0.4 is 14.8 Å². The van der Waals surface area contributed by atoms with Crippen LogP contribution in [0.4, 0.5) is 0 Å². The van der Waals surface area contributed by atoms with Gasteiger partial charge in [0.15, 0.2) is 11.5 Å². The first-order valence-electron chi connectivity index (χ1n) is 7.50. The Hall–Kier alpha value is -1.72. The number of nitrogens with one attached hydrogen (secondary N) is 1. The Kier molecular flexibility index (Phi) is 4.78. The normalized spacial score (nSPS) is 14.6. The highest BCUT2D eigenvalue weighted by Crippen LogP contribution is 2.34. The quantitative estimate of drug-likeness (QED) is 0.893. The van der Waals surface area contributed by atoms with E-state index in [4.69, 9.17) is 21.1 Å². The monoisotopic (exact) mass is 351 g/mol. The highest BCUT2D eigenvalue weighted by molar-refractivity contribution is 7.17. The molecule has 3 rings (SSSR count). The van der Waals surface area contributed by atoms with Gasteiger partial charge in [-0.05, 0) is 35.7 Å². The summed E-state index contributed by atoms with van der Waals surface area (Å²) in [5, 5.41) is 3.09. The van der Waals surface area contributed by atoms with Crippen molar-refractivity contribution in [2.75, 3.05) is 13.2 Å². The minimum atomic E-state index is -0.115. The predicted molar refractivity (Wildman–Crippen MR) is 91.8 cm³/mol. The van der Waals surface area contributed by atoms with Crippen molar-refractivity contribution in [2.24, 2.45) is 5.92 Å². The van der Waals surface area contributed by atoms with Gasteiger partial charge in [0.05, 0.1) is 15.3 Å². The van der Waals surface area contributed by atoms with Crippen LogP contribution in [-0.4, -0.2) is 19.1 Å². The Morgan fingerprint density at radius 3 is 2.57 bits per heavy atom. The van der Waals surface area contributed by atoms with Gasteiger partial charge in [-0.25, -0.2) is 0 Å². The molecule has 0 saturated carbocycles. The number of fused-ring (bicyclic) bond motifs is 1. The van der Waals surface area contributed by atoms with E-state index in [1.165, 1.54) is 11.3 Å². The van der Waals surface area contributed by atoms with E-state index in [0.29, 0.717) is 22.4 Å². The van der Waals surface area contributed by atoms with Crippen LogP contribution in [0.5, 0.6) is 11.5 Å². The zero-order valence-electron chi connectivity index (χ0n) is 13.0. The second-order valence-electron chi connectivity index (χ2n) is 5.70. The molecule has 4 nitrogen and oxygen atoms in total. The molecule has 6 heteroatoms. The Bertz CT molecular complexity index is 714. The van der Waals surface area contributed by atoms with Gasteiger partial charge in [0, 0.05) is 0 Å². The number of ether oxygens (including phenoxy) is 2. The van der Waals surface area contributed by atoms with Gasteiger partial charge in [-0.3, -0.25) is 4.79 Å². The molecule has 1 amide bonds. The molecule has 0 radical (unpaired) electrons. The molecule has 0 unspecified atom stereocenters. The number of rotatable bonds is 4. The molecule has 0 saturated heterocycles. The van der Waals surface area contributed by atoms with Gasteiger partial charge in [-0.1, -0.05) is 31.5 Å². The standard InChI is InChI=1S/C17H18ClNO3S/c1-10(2)16(19-17(20)14-5-6-15(18)23-14)11-3-4-12-13(9-11)22-8-7-21-12/h3-6,9-10,16H,7-8H2,1-2H3,(H,19,20)/t16-/m0/s1. The highest BCUT2D eigenvalue weighted by atomic mass is 35.5. The van der Waals surface area contributed by atoms with Crippen molar-refractivity contribution in [1.29, 1.82) is 0 Å². The Morgan fingerprint density at radius 2 is 1.91 bits per heavy atom. The lowest BCUT2D eigenvalue weighted by Crippen LogP contribution is -2.31. The number of hydrogen-bond acceptors (Lipinski definition) is 4. The zero-order valence-corrected chi connectivity index (χ0v) is 14.5. The smallest absolute Gasteiger partial charge is 0.261 e. The lowest BCUT2D eigenvalue weighted by atomic mass is 9.95. The van der Waals surface area contributed by atoms with Gasteiger partial charge >= 0.3 is 0 Å². The fourth-order valence-corrected chi connectivity index (χ4v) is 3.48. The summed E-state index contributed by atoms with van der Waals surface area (Å²) in [6, 6.07) is 9.17. The van der Waals surface area contributed by atoms with Crippen molar-refractivity contribution in [1.82, 2.24) is 5.32 Å². The van der Waals surface area contributed by atoms with E-state index in [1.54, 1.807) is 12.1 Å². The van der Waals surface area contributed by atoms with Crippen molar-refractivity contribution in [3.05, 3.63) is 45.1 Å². The minimum absolute atomic E-state index is 0.112. The van der Waals surface area contributed by atoms with E-state index in [-0.39, 0.29) is 17.9 Å². The van der Waals surface area contributed by atoms with E-state index >= 15 is 0 Å². The van der Waals surface area contributed by atoms with E-state index in [2.05, 4.69) is 19.2 Å². The van der Waals surface area contributed by atoms with E-state index in [9.17, 15) is 4.79 Å². The number of thiophene rings is 1. The van der Waals surface area contributed by atoms with E-state index in [1.807, 2.05) is 18.2 Å². The van der Waals surface area contributed by atoms with Crippen LogP contribution >= 0.6 is 22.9 Å². The SMILES string of the molecule is CC(C)[C@H](NC(=O)c1ccc(Cl)s1)c1ccc2c(c1)OCCO2. The van der Waals surface area contributed by atoms with E-state index < -0.39 is 0 Å². The third-order valence-electron chi connectivity index (χ3n) is 3.68. The average Bonchev–Trinajstić information content (AvgIpc) is 2.98. The second-order valence-corrected chi connectivity index (χ2v) is 7.42. The van der Waals surface area contributed by atoms with Crippen molar-refractivity contribution < 1.29 is 14.3 Å². The summed E-state index contributed by atoms with van der Waals surface area (Å²) in [6.45, 7) is 5.25. The number of carbonyl (C=O) groups excluding carboxylic acids is 1. The highest BCUT2D eigenvalue weighted by Gasteiger charge is 2.22. The fraction of sp³-hybridized carbons (Fsp3) is 0.353. The molecule has 1 aliphatic heterocycles. The molecule has 1 aromatic carbocycles. The molecule has 23 heavy (non-hydrogen) atoms. The molecule has 1 aliphatic rings. The average molecular weight is 352 g/mol. The molecular weight excluding hydrogens is 334 g/mol. The maximum Gasteiger partial charge on any atom is 0.261 e. The third kappa shape index (κ3) is 3.62. The Balaban J connectivity index is 1.82. The second kappa shape index (κ2) is 6.81. The molecule has 2 aromatic rings. The third-order valence-corrected chi connectivity index (χ3v) is 4.91. The van der Waals surface area contributed by atoms with Gasteiger partial charge in [-0.2, -0.15) is 0 Å². The Morgan fingerprint density at radius 1 is 1.17 bits per heavy atom. The van der Waals surface area contributed by atoms with Gasteiger partial charge in [-0.15, -0.1) is 11.3 Å². The molecular formula is C17H18ClNO3S. The lowest BCUT2D eigenvalue weighted by Gasteiger charge is -2.25. The summed E-state index contributed by atoms with van der Waals surface area (Å²) in [5.41, 5.74) is 1.00. The van der Waals surface area contributed by atoms with Crippen LogP contribution in [0, 0.1) is 5.92 Å². The molecule has 2 heterocycles. The molecule has 0 spiro atoms. The van der Waals surface area contributed by atoms with Gasteiger partial charge in [0.25, 0.3) is 5.91 Å². The molecule has 0 fully saturated rings. The van der Waals surface area contributed by atoms with Gasteiger partial charge in [0.1, 0.15) is 13.2 Å². The molecule has 0 aliphatic carbocycles.